The number of thioether (sulfide) groups is 1. The van der Waals surface area contributed by atoms with Gasteiger partial charge in [-0.25, -0.2) is 9.37 Å². The molecule has 4 rings (SSSR count). The molecular formula is C30H30F7N3O2S. The molecule has 5 nitrogen and oxygen atoms in total. The van der Waals surface area contributed by atoms with Crippen molar-refractivity contribution in [2.75, 3.05) is 41.5 Å². The molecule has 232 valence electrons. The molecule has 1 aliphatic heterocycles. The summed E-state index contributed by atoms with van der Waals surface area (Å²) in [6, 6.07) is 6.67. The van der Waals surface area contributed by atoms with Crippen molar-refractivity contribution >= 4 is 29.2 Å². The van der Waals surface area contributed by atoms with Crippen molar-refractivity contribution in [1.82, 2.24) is 4.98 Å². The molecule has 13 heteroatoms. The highest BCUT2D eigenvalue weighted by molar-refractivity contribution is 7.99. The smallest absolute Gasteiger partial charge is 0.394 e. The zero-order valence-corrected chi connectivity index (χ0v) is 24.6. The van der Waals surface area contributed by atoms with Gasteiger partial charge in [0.2, 0.25) is 5.91 Å². The standard InChI is InChI=1S/C30H30F7N3O2S/c1-17-9-21(31)5-6-23(17)24-13-26(40-7-8-43-16-22(40)15-41)38-14-25(24)39(4)27(42)28(2,3)18-10-19(29(32,33)34)12-20(11-18)30(35,36)37/h5-6,9-14,22,41H,7-8,15-16H2,1-4H3. The average Bonchev–Trinajstić information content (AvgIpc) is 2.95. The van der Waals surface area contributed by atoms with Crippen molar-refractivity contribution in [1.29, 1.82) is 0 Å². The van der Waals surface area contributed by atoms with E-state index in [4.69, 9.17) is 0 Å². The van der Waals surface area contributed by atoms with Gasteiger partial charge in [0.25, 0.3) is 0 Å². The Morgan fingerprint density at radius 3 is 2.16 bits per heavy atom. The third-order valence-corrected chi connectivity index (χ3v) is 8.68. The van der Waals surface area contributed by atoms with Gasteiger partial charge in [-0.2, -0.15) is 38.1 Å². The van der Waals surface area contributed by atoms with Crippen LogP contribution < -0.4 is 9.80 Å². The van der Waals surface area contributed by atoms with E-state index in [0.29, 0.717) is 46.9 Å². The minimum absolute atomic E-state index is 0.0184. The number of rotatable bonds is 6. The van der Waals surface area contributed by atoms with Crippen molar-refractivity contribution in [2.24, 2.45) is 0 Å². The molecule has 0 spiro atoms. The summed E-state index contributed by atoms with van der Waals surface area (Å²) in [5.74, 6) is 0.664. The number of amides is 1. The predicted molar refractivity (Wildman–Crippen MR) is 153 cm³/mol. The zero-order chi connectivity index (χ0) is 31.9. The number of benzene rings is 2. The molecule has 1 N–H and O–H groups in total. The molecule has 1 saturated heterocycles. The number of likely N-dealkylation sites (N-methyl/N-ethyl adjacent to an activating group) is 1. The van der Waals surface area contributed by atoms with E-state index in [1.54, 1.807) is 24.8 Å². The summed E-state index contributed by atoms with van der Waals surface area (Å²) in [6.07, 6.45) is -8.76. The highest BCUT2D eigenvalue weighted by atomic mass is 32.2. The van der Waals surface area contributed by atoms with Crippen LogP contribution in [0.4, 0.5) is 42.2 Å². The quantitative estimate of drug-likeness (QED) is 0.295. The van der Waals surface area contributed by atoms with Gasteiger partial charge in [0.15, 0.2) is 0 Å². The monoisotopic (exact) mass is 629 g/mol. The average molecular weight is 630 g/mol. The number of carbonyl (C=O) groups excluding carboxylic acids is 1. The topological polar surface area (TPSA) is 56.7 Å². The van der Waals surface area contributed by atoms with Gasteiger partial charge in [-0.05, 0) is 73.9 Å². The maximum atomic E-state index is 14.0. The van der Waals surface area contributed by atoms with Crippen LogP contribution in [0.5, 0.6) is 0 Å². The summed E-state index contributed by atoms with van der Waals surface area (Å²) in [7, 11) is 1.36. The number of aliphatic hydroxyl groups excluding tert-OH is 1. The molecule has 2 aromatic carbocycles. The van der Waals surface area contributed by atoms with E-state index in [-0.39, 0.29) is 24.4 Å². The minimum Gasteiger partial charge on any atom is -0.394 e. The van der Waals surface area contributed by atoms with Gasteiger partial charge in [0, 0.05) is 30.7 Å². The van der Waals surface area contributed by atoms with Crippen LogP contribution >= 0.6 is 11.8 Å². The van der Waals surface area contributed by atoms with Gasteiger partial charge < -0.3 is 14.9 Å². The van der Waals surface area contributed by atoms with Crippen molar-refractivity contribution in [3.05, 3.63) is 76.7 Å². The molecule has 43 heavy (non-hydrogen) atoms. The van der Waals surface area contributed by atoms with Gasteiger partial charge >= 0.3 is 12.4 Å². The highest BCUT2D eigenvalue weighted by Crippen LogP contribution is 2.41. The predicted octanol–water partition coefficient (Wildman–Crippen LogP) is 7.09. The van der Waals surface area contributed by atoms with E-state index in [1.807, 2.05) is 4.90 Å². The van der Waals surface area contributed by atoms with Crippen molar-refractivity contribution < 1.29 is 40.6 Å². The van der Waals surface area contributed by atoms with E-state index in [2.05, 4.69) is 4.98 Å². The third kappa shape index (κ3) is 6.77. The molecule has 3 aromatic rings. The highest BCUT2D eigenvalue weighted by Gasteiger charge is 2.41. The molecule has 1 amide bonds. The van der Waals surface area contributed by atoms with E-state index in [9.17, 15) is 40.6 Å². The number of nitrogens with zero attached hydrogens (tertiary/aromatic N) is 3. The van der Waals surface area contributed by atoms with Gasteiger partial charge in [0.1, 0.15) is 11.6 Å². The Labute approximate surface area is 248 Å². The van der Waals surface area contributed by atoms with Gasteiger partial charge in [0.05, 0.1) is 41.1 Å². The first kappa shape index (κ1) is 32.6. The number of aliphatic hydroxyl groups is 1. The summed E-state index contributed by atoms with van der Waals surface area (Å²) in [4.78, 5) is 21.5. The SMILES string of the molecule is Cc1cc(F)ccc1-c1cc(N2CCSCC2CO)ncc1N(C)C(=O)C(C)(C)c1cc(C(F)(F)F)cc(C(F)(F)F)c1. The molecule has 1 unspecified atom stereocenters. The van der Waals surface area contributed by atoms with E-state index >= 15 is 0 Å². The first-order valence-corrected chi connectivity index (χ1v) is 14.4. The molecule has 1 fully saturated rings. The maximum absolute atomic E-state index is 14.0. The Hall–Kier alpha value is -3.32. The van der Waals surface area contributed by atoms with Crippen LogP contribution in [0.25, 0.3) is 11.1 Å². The number of alkyl halides is 6. The first-order valence-electron chi connectivity index (χ1n) is 13.2. The molecule has 1 aromatic heterocycles. The summed E-state index contributed by atoms with van der Waals surface area (Å²) >= 11 is 1.68. The molecule has 0 radical (unpaired) electrons. The molecule has 0 aliphatic carbocycles. The lowest BCUT2D eigenvalue weighted by atomic mass is 9.81. The van der Waals surface area contributed by atoms with Crippen molar-refractivity contribution in [2.45, 2.75) is 44.6 Å². The van der Waals surface area contributed by atoms with Crippen LogP contribution in [0, 0.1) is 12.7 Å². The molecular weight excluding hydrogens is 599 g/mol. The second-order valence-electron chi connectivity index (χ2n) is 10.9. The first-order chi connectivity index (χ1) is 19.9. The Morgan fingerprint density at radius 1 is 1.00 bits per heavy atom. The number of aromatic nitrogens is 1. The lowest BCUT2D eigenvalue weighted by molar-refractivity contribution is -0.143. The third-order valence-electron chi connectivity index (χ3n) is 7.59. The lowest BCUT2D eigenvalue weighted by Crippen LogP contribution is -2.45. The van der Waals surface area contributed by atoms with Crippen LogP contribution in [0.2, 0.25) is 0 Å². The zero-order valence-electron chi connectivity index (χ0n) is 23.8. The van der Waals surface area contributed by atoms with Crippen molar-refractivity contribution in [3.63, 3.8) is 0 Å². The summed E-state index contributed by atoms with van der Waals surface area (Å²) in [5, 5.41) is 9.92. The van der Waals surface area contributed by atoms with Crippen LogP contribution in [-0.2, 0) is 22.6 Å². The van der Waals surface area contributed by atoms with Gasteiger partial charge in [-0.1, -0.05) is 6.07 Å². The van der Waals surface area contributed by atoms with Gasteiger partial charge in [-0.3, -0.25) is 4.79 Å². The Bertz CT molecular complexity index is 1480. The summed E-state index contributed by atoms with van der Waals surface area (Å²) in [5.41, 5.74) is -3.61. The maximum Gasteiger partial charge on any atom is 0.416 e. The normalized spacial score (nSPS) is 16.4. The van der Waals surface area contributed by atoms with E-state index < -0.39 is 46.2 Å². The van der Waals surface area contributed by atoms with Crippen LogP contribution in [0.1, 0.15) is 36.1 Å². The summed E-state index contributed by atoms with van der Waals surface area (Å²) in [6.45, 7) is 4.64. The number of aryl methyl sites for hydroxylation is 1. The van der Waals surface area contributed by atoms with E-state index in [1.165, 1.54) is 45.3 Å². The number of hydrogen-bond donors (Lipinski definition) is 1. The number of hydrogen-bond acceptors (Lipinski definition) is 5. The Kier molecular flexibility index (Phi) is 9.09. The number of pyridine rings is 1. The summed E-state index contributed by atoms with van der Waals surface area (Å²) < 4.78 is 95.5. The number of carbonyl (C=O) groups is 1. The van der Waals surface area contributed by atoms with Crippen LogP contribution in [-0.4, -0.2) is 53.7 Å². The Morgan fingerprint density at radius 2 is 1.60 bits per heavy atom. The fraction of sp³-hybridized carbons (Fsp3) is 0.400. The molecule has 0 saturated carbocycles. The van der Waals surface area contributed by atoms with Crippen LogP contribution in [0.15, 0.2) is 48.7 Å². The fourth-order valence-corrected chi connectivity index (χ4v) is 6.13. The Balaban J connectivity index is 1.83. The molecule has 2 heterocycles. The van der Waals surface area contributed by atoms with Crippen LogP contribution in [0.3, 0.4) is 0 Å². The minimum atomic E-state index is -5.08. The molecule has 1 atom stereocenters. The largest absolute Gasteiger partial charge is 0.416 e. The van der Waals surface area contributed by atoms with E-state index in [0.717, 1.165) is 10.7 Å². The molecule has 0 bridgehead atoms. The van der Waals surface area contributed by atoms with Gasteiger partial charge in [-0.15, -0.1) is 0 Å². The molecule has 1 aliphatic rings. The number of halogens is 7. The van der Waals surface area contributed by atoms with Crippen molar-refractivity contribution in [3.8, 4) is 11.1 Å². The fourth-order valence-electron chi connectivity index (χ4n) is 5.08. The second kappa shape index (κ2) is 12.0. The lowest BCUT2D eigenvalue weighted by Gasteiger charge is -2.36. The second-order valence-corrected chi connectivity index (χ2v) is 12.1. The number of anilines is 2.